The summed E-state index contributed by atoms with van der Waals surface area (Å²) in [5.41, 5.74) is 0.263. The van der Waals surface area contributed by atoms with Crippen LogP contribution in [0, 0.1) is 5.21 Å². The third-order valence-corrected chi connectivity index (χ3v) is 3.78. The molecule has 0 saturated heterocycles. The summed E-state index contributed by atoms with van der Waals surface area (Å²) in [7, 11) is 0. The molecule has 3 heterocycles. The smallest absolute Gasteiger partial charge is 0.270 e. The number of dihydropyridines is 2. The highest BCUT2D eigenvalue weighted by Crippen LogP contribution is 2.37. The van der Waals surface area contributed by atoms with Gasteiger partial charge >= 0.3 is 0 Å². The maximum absolute atomic E-state index is 11.9. The van der Waals surface area contributed by atoms with Crippen LogP contribution in [0.3, 0.4) is 0 Å². The summed E-state index contributed by atoms with van der Waals surface area (Å²) in [6, 6.07) is 0. The Balaban J connectivity index is 2.11. The fraction of sp³-hybridized carbons (Fsp3) is 0.167. The van der Waals surface area contributed by atoms with E-state index in [1.54, 1.807) is 48.9 Å². The Morgan fingerprint density at radius 2 is 1.65 bits per heavy atom. The molecule has 1 aromatic rings. The number of alkyl halides is 2. The van der Waals surface area contributed by atoms with E-state index < -0.39 is 10.00 Å². The van der Waals surface area contributed by atoms with Gasteiger partial charge in [0.2, 0.25) is 15.7 Å². The number of hydrogen-bond donors (Lipinski definition) is 2. The normalized spacial score (nSPS) is 31.1. The van der Waals surface area contributed by atoms with Crippen molar-refractivity contribution >= 4 is 23.2 Å². The highest BCUT2D eigenvalue weighted by atomic mass is 35.5. The predicted octanol–water partition coefficient (Wildman–Crippen LogP) is 1.44. The van der Waals surface area contributed by atoms with Crippen LogP contribution in [-0.2, 0) is 10.00 Å². The highest BCUT2D eigenvalue weighted by Gasteiger charge is 2.47. The van der Waals surface area contributed by atoms with E-state index in [1.807, 2.05) is 0 Å². The van der Waals surface area contributed by atoms with Crippen molar-refractivity contribution in [2.45, 2.75) is 10.00 Å². The van der Waals surface area contributed by atoms with Crippen LogP contribution in [0.4, 0.5) is 0 Å². The zero-order valence-corrected chi connectivity index (χ0v) is 11.6. The molecule has 2 aliphatic rings. The predicted molar refractivity (Wildman–Crippen MR) is 73.4 cm³/mol. The minimum Gasteiger partial charge on any atom is -0.363 e. The molecular weight excluding hydrogens is 303 g/mol. The summed E-state index contributed by atoms with van der Waals surface area (Å²) in [6.45, 7) is 0. The van der Waals surface area contributed by atoms with Gasteiger partial charge in [0.15, 0.2) is 0 Å². The van der Waals surface area contributed by atoms with Crippen LogP contribution < -0.4 is 15.5 Å². The summed E-state index contributed by atoms with van der Waals surface area (Å²) in [6.07, 6.45) is 13.5. The van der Waals surface area contributed by atoms with Crippen LogP contribution in [0.1, 0.15) is 11.4 Å². The number of aromatic nitrogens is 2. The zero-order chi connectivity index (χ0) is 14.2. The van der Waals surface area contributed by atoms with E-state index in [-0.39, 0.29) is 16.3 Å². The fourth-order valence-corrected chi connectivity index (χ4v) is 2.56. The average Bonchev–Trinajstić information content (AvgIpc) is 2.84. The van der Waals surface area contributed by atoms with E-state index in [0.717, 1.165) is 0 Å². The van der Waals surface area contributed by atoms with Crippen LogP contribution in [0.5, 0.6) is 0 Å². The summed E-state index contributed by atoms with van der Waals surface area (Å²) < 4.78 is 4.68. The molecule has 0 amide bonds. The zero-order valence-electron chi connectivity index (χ0n) is 10.1. The number of rotatable bonds is 2. The van der Waals surface area contributed by atoms with Gasteiger partial charge in [0.05, 0.1) is 0 Å². The number of halogens is 2. The van der Waals surface area contributed by atoms with Gasteiger partial charge in [0, 0.05) is 5.16 Å². The summed E-state index contributed by atoms with van der Waals surface area (Å²) in [4.78, 5) is -2.22. The third kappa shape index (κ3) is 1.97. The van der Waals surface area contributed by atoms with Crippen molar-refractivity contribution in [1.29, 1.82) is 0 Å². The van der Waals surface area contributed by atoms with E-state index in [2.05, 4.69) is 20.4 Å². The number of nitrogens with zero attached hydrogens (tertiary/aromatic N) is 2. The standard InChI is InChI=1S/C12H10Cl2N4O2/c13-11(5-1-3-7-15-11)9-10(18(19)20-17-9)12(14)6-2-4-8-16-12/h1-8,15-16H. The van der Waals surface area contributed by atoms with Gasteiger partial charge in [-0.1, -0.05) is 35.4 Å². The Morgan fingerprint density at radius 3 is 2.20 bits per heavy atom. The number of nitrogens with one attached hydrogen (secondary N) is 2. The van der Waals surface area contributed by atoms with Crippen molar-refractivity contribution in [3.63, 3.8) is 0 Å². The van der Waals surface area contributed by atoms with Gasteiger partial charge in [0.25, 0.3) is 5.69 Å². The molecule has 104 valence electrons. The lowest BCUT2D eigenvalue weighted by Crippen LogP contribution is -2.46. The van der Waals surface area contributed by atoms with Crippen molar-refractivity contribution in [2.24, 2.45) is 0 Å². The topological polar surface area (TPSA) is 77.0 Å². The minimum atomic E-state index is -1.27. The van der Waals surface area contributed by atoms with E-state index in [4.69, 9.17) is 23.2 Å². The highest BCUT2D eigenvalue weighted by molar-refractivity contribution is 6.27. The molecule has 2 unspecified atom stereocenters. The second-order valence-electron chi connectivity index (χ2n) is 4.28. The molecule has 0 bridgehead atoms. The van der Waals surface area contributed by atoms with Crippen molar-refractivity contribution < 1.29 is 9.53 Å². The molecule has 1 aromatic heterocycles. The monoisotopic (exact) mass is 312 g/mol. The molecule has 2 aliphatic heterocycles. The lowest BCUT2D eigenvalue weighted by Gasteiger charge is -2.27. The quantitative estimate of drug-likeness (QED) is 0.491. The van der Waals surface area contributed by atoms with Gasteiger partial charge in [-0.25, -0.2) is 0 Å². The second-order valence-corrected chi connectivity index (χ2v) is 5.47. The van der Waals surface area contributed by atoms with Crippen molar-refractivity contribution in [2.75, 3.05) is 0 Å². The molecule has 0 aromatic carbocycles. The molecule has 20 heavy (non-hydrogen) atoms. The molecule has 0 spiro atoms. The molecular formula is C12H10Cl2N4O2. The van der Waals surface area contributed by atoms with Gasteiger partial charge in [-0.3, -0.25) is 4.63 Å². The van der Waals surface area contributed by atoms with Crippen molar-refractivity contribution in [3.8, 4) is 0 Å². The molecule has 0 aliphatic carbocycles. The summed E-state index contributed by atoms with van der Waals surface area (Å²) in [5, 5.41) is 21.5. The van der Waals surface area contributed by atoms with E-state index in [9.17, 15) is 5.21 Å². The Labute approximate surface area is 124 Å². The molecule has 8 heteroatoms. The molecule has 0 radical (unpaired) electrons. The van der Waals surface area contributed by atoms with Crippen LogP contribution in [-0.4, -0.2) is 5.16 Å². The number of hydrogen-bond acceptors (Lipinski definition) is 5. The van der Waals surface area contributed by atoms with E-state index in [0.29, 0.717) is 0 Å². The van der Waals surface area contributed by atoms with Crippen molar-refractivity contribution in [1.82, 2.24) is 15.8 Å². The molecule has 2 N–H and O–H groups in total. The molecule has 6 nitrogen and oxygen atoms in total. The average molecular weight is 313 g/mol. The van der Waals surface area contributed by atoms with Gasteiger partial charge in [-0.2, -0.15) is 0 Å². The largest absolute Gasteiger partial charge is 0.363 e. The maximum atomic E-state index is 11.9. The Hall–Kier alpha value is -1.92. The first kappa shape index (κ1) is 13.1. The van der Waals surface area contributed by atoms with Gasteiger partial charge in [0.1, 0.15) is 0 Å². The van der Waals surface area contributed by atoms with E-state index >= 15 is 0 Å². The van der Waals surface area contributed by atoms with Crippen LogP contribution >= 0.6 is 23.2 Å². The lowest BCUT2D eigenvalue weighted by atomic mass is 10.0. The van der Waals surface area contributed by atoms with E-state index in [1.165, 1.54) is 0 Å². The van der Waals surface area contributed by atoms with Crippen LogP contribution in [0.15, 0.2) is 53.5 Å². The van der Waals surface area contributed by atoms with Crippen LogP contribution in [0.2, 0.25) is 0 Å². The Kier molecular flexibility index (Phi) is 2.99. The van der Waals surface area contributed by atoms with Gasteiger partial charge in [-0.15, -0.1) is 0 Å². The van der Waals surface area contributed by atoms with Crippen molar-refractivity contribution in [3.05, 3.63) is 65.5 Å². The molecule has 3 rings (SSSR count). The molecule has 0 fully saturated rings. The lowest BCUT2D eigenvalue weighted by molar-refractivity contribution is -0.809. The third-order valence-electron chi connectivity index (χ3n) is 2.96. The van der Waals surface area contributed by atoms with Gasteiger partial charge in [-0.05, 0) is 41.6 Å². The minimum absolute atomic E-state index is 0.0715. The van der Waals surface area contributed by atoms with Gasteiger partial charge < -0.3 is 15.8 Å². The number of allylic oxidation sites excluding steroid dienone is 4. The Bertz CT molecular complexity index is 652. The first-order chi connectivity index (χ1) is 9.55. The second kappa shape index (κ2) is 4.57. The summed E-state index contributed by atoms with van der Waals surface area (Å²) in [5.74, 6) is 0. The summed E-state index contributed by atoms with van der Waals surface area (Å²) >= 11 is 12.9. The Morgan fingerprint density at radius 1 is 1.05 bits per heavy atom. The molecule has 0 saturated carbocycles. The SMILES string of the molecule is [O-][n+]1onc(C2(Cl)C=CC=CN2)c1C1(Cl)C=CC=CN1. The molecule has 2 atom stereocenters. The van der Waals surface area contributed by atoms with Crippen LogP contribution in [0.25, 0.3) is 0 Å². The maximum Gasteiger partial charge on any atom is 0.270 e. The first-order valence-electron chi connectivity index (χ1n) is 5.78. The first-order valence-corrected chi connectivity index (χ1v) is 6.53. The fourth-order valence-electron chi connectivity index (χ4n) is 2.01.